The number of ether oxygens (including phenoxy) is 2. The van der Waals surface area contributed by atoms with Crippen molar-refractivity contribution in [2.24, 2.45) is 11.8 Å². The van der Waals surface area contributed by atoms with Crippen molar-refractivity contribution in [2.75, 3.05) is 0 Å². The largest absolute Gasteiger partial charge is 0.412 e. The van der Waals surface area contributed by atoms with Gasteiger partial charge in [-0.05, 0) is 71.3 Å². The van der Waals surface area contributed by atoms with E-state index in [2.05, 4.69) is 67.0 Å². The standard InChI is InChI=1S/C29H54O8Si3/c1-11-28(4,36-39(7,8)19-15-17-23-21-25(31)35-27(23)33)40(9,10)37-29(12-2,13-3)38(5,6)18-14-16-22-20-24(30)34-26(22)32/h22-23H,11-21H2,1-10H3. The lowest BCUT2D eigenvalue weighted by Gasteiger charge is -2.54. The van der Waals surface area contributed by atoms with Crippen molar-refractivity contribution in [2.45, 2.75) is 147 Å². The Bertz CT molecular complexity index is 944. The molecule has 0 radical (unpaired) electrons. The van der Waals surface area contributed by atoms with Crippen LogP contribution in [0.5, 0.6) is 0 Å². The molecule has 3 unspecified atom stereocenters. The first-order chi connectivity index (χ1) is 18.4. The molecule has 0 saturated carbocycles. The highest BCUT2D eigenvalue weighted by Gasteiger charge is 2.55. The molecule has 0 N–H and O–H groups in total. The monoisotopic (exact) mass is 614 g/mol. The lowest BCUT2D eigenvalue weighted by Crippen LogP contribution is -2.67. The second kappa shape index (κ2) is 13.4. The van der Waals surface area contributed by atoms with E-state index >= 15 is 0 Å². The molecule has 0 aromatic rings. The minimum absolute atomic E-state index is 0.195. The van der Waals surface area contributed by atoms with E-state index in [1.54, 1.807) is 0 Å². The van der Waals surface area contributed by atoms with Crippen LogP contribution in [-0.2, 0) is 37.5 Å². The maximum Gasteiger partial charge on any atom is 0.317 e. The first-order valence-electron chi connectivity index (χ1n) is 15.3. The molecule has 230 valence electrons. The number of esters is 4. The van der Waals surface area contributed by atoms with E-state index < -0.39 is 36.6 Å². The van der Waals surface area contributed by atoms with Gasteiger partial charge >= 0.3 is 23.9 Å². The van der Waals surface area contributed by atoms with E-state index in [1.165, 1.54) is 0 Å². The Hall–Kier alpha value is -1.15. The molecule has 2 fully saturated rings. The third-order valence-corrected chi connectivity index (χ3v) is 21.6. The van der Waals surface area contributed by atoms with Gasteiger partial charge in [0.2, 0.25) is 8.32 Å². The zero-order valence-corrected chi connectivity index (χ0v) is 29.7. The fourth-order valence-corrected chi connectivity index (χ4v) is 18.6. The van der Waals surface area contributed by atoms with Crippen molar-refractivity contribution in [1.29, 1.82) is 0 Å². The lowest BCUT2D eigenvalue weighted by atomic mass is 10.0. The van der Waals surface area contributed by atoms with Gasteiger partial charge in [0.25, 0.3) is 0 Å². The first kappa shape index (κ1) is 35.0. The quantitative estimate of drug-likeness (QED) is 0.101. The van der Waals surface area contributed by atoms with E-state index in [4.69, 9.17) is 18.3 Å². The Labute approximate surface area is 244 Å². The molecular weight excluding hydrogens is 561 g/mol. The highest BCUT2D eigenvalue weighted by atomic mass is 28.4. The smallest absolute Gasteiger partial charge is 0.317 e. The lowest BCUT2D eigenvalue weighted by molar-refractivity contribution is -0.155. The maximum atomic E-state index is 12.0. The topological polar surface area (TPSA) is 105 Å². The van der Waals surface area contributed by atoms with Gasteiger partial charge in [0.05, 0.1) is 38.0 Å². The molecule has 11 heteroatoms. The molecule has 0 aromatic heterocycles. The van der Waals surface area contributed by atoms with Crippen LogP contribution in [-0.4, -0.2) is 59.0 Å². The minimum atomic E-state index is -2.41. The Morgan fingerprint density at radius 3 is 1.55 bits per heavy atom. The van der Waals surface area contributed by atoms with Gasteiger partial charge in [-0.3, -0.25) is 19.2 Å². The van der Waals surface area contributed by atoms with E-state index in [9.17, 15) is 19.2 Å². The first-order valence-corrected chi connectivity index (χ1v) is 24.5. The van der Waals surface area contributed by atoms with Crippen LogP contribution in [0.1, 0.15) is 85.5 Å². The Morgan fingerprint density at radius 2 is 1.18 bits per heavy atom. The fraction of sp³-hybridized carbons (Fsp3) is 0.862. The summed E-state index contributed by atoms with van der Waals surface area (Å²) in [6, 6.07) is 1.93. The summed E-state index contributed by atoms with van der Waals surface area (Å²) < 4.78 is 24.0. The summed E-state index contributed by atoms with van der Waals surface area (Å²) in [5.74, 6) is -2.18. The summed E-state index contributed by atoms with van der Waals surface area (Å²) in [7, 11) is -6.47. The molecule has 2 aliphatic rings. The minimum Gasteiger partial charge on any atom is -0.412 e. The third-order valence-electron chi connectivity index (χ3n) is 9.88. The van der Waals surface area contributed by atoms with Crippen molar-refractivity contribution in [3.05, 3.63) is 0 Å². The Morgan fingerprint density at radius 1 is 0.725 bits per heavy atom. The number of rotatable bonds is 17. The molecule has 0 bridgehead atoms. The number of hydrogen-bond acceptors (Lipinski definition) is 8. The van der Waals surface area contributed by atoms with Crippen LogP contribution < -0.4 is 0 Å². The highest BCUT2D eigenvalue weighted by molar-refractivity contribution is 6.83. The summed E-state index contributed by atoms with van der Waals surface area (Å²) in [5.41, 5.74) is 0. The maximum absolute atomic E-state index is 12.0. The van der Waals surface area contributed by atoms with Gasteiger partial charge in [-0.25, -0.2) is 0 Å². The van der Waals surface area contributed by atoms with Crippen LogP contribution in [0.15, 0.2) is 0 Å². The molecule has 2 aliphatic heterocycles. The van der Waals surface area contributed by atoms with E-state index in [0.717, 1.165) is 44.2 Å². The molecule has 8 nitrogen and oxygen atoms in total. The van der Waals surface area contributed by atoms with Gasteiger partial charge in [-0.2, -0.15) is 0 Å². The fourth-order valence-electron chi connectivity index (χ4n) is 6.64. The predicted molar refractivity (Wildman–Crippen MR) is 163 cm³/mol. The van der Waals surface area contributed by atoms with Crippen LogP contribution >= 0.6 is 0 Å². The average molecular weight is 615 g/mol. The summed E-state index contributed by atoms with van der Waals surface area (Å²) in [6.07, 6.45) is 6.19. The van der Waals surface area contributed by atoms with Crippen molar-refractivity contribution >= 4 is 48.6 Å². The molecule has 0 amide bonds. The van der Waals surface area contributed by atoms with Crippen molar-refractivity contribution in [1.82, 2.24) is 0 Å². The number of carbonyl (C=O) groups excluding carboxylic acids is 4. The van der Waals surface area contributed by atoms with Crippen LogP contribution in [0.25, 0.3) is 0 Å². The zero-order chi connectivity index (χ0) is 30.6. The second-order valence-corrected chi connectivity index (χ2v) is 27.5. The zero-order valence-electron chi connectivity index (χ0n) is 26.7. The van der Waals surface area contributed by atoms with Gasteiger partial charge in [0.15, 0.2) is 8.32 Å². The van der Waals surface area contributed by atoms with Crippen molar-refractivity contribution in [3.63, 3.8) is 0 Å². The normalized spacial score (nSPS) is 22.4. The summed E-state index contributed by atoms with van der Waals surface area (Å²) >= 11 is 0. The van der Waals surface area contributed by atoms with Crippen LogP contribution in [0.4, 0.5) is 0 Å². The SMILES string of the molecule is CCC(CC)(O[Si](C)(C)C(C)(CC)O[Si](C)(C)CCCC1CC(=O)OC1=O)[Si](C)(C)CCCC1CC(=O)OC1=O. The van der Waals surface area contributed by atoms with Gasteiger partial charge in [-0.15, -0.1) is 0 Å². The Kier molecular flexibility index (Phi) is 11.8. The summed E-state index contributed by atoms with van der Waals surface area (Å²) in [5, 5.41) is -0.589. The Balaban J connectivity index is 2.10. The van der Waals surface area contributed by atoms with Crippen LogP contribution in [0, 0.1) is 11.8 Å². The van der Waals surface area contributed by atoms with Gasteiger partial charge in [0.1, 0.15) is 0 Å². The van der Waals surface area contributed by atoms with E-state index in [0.29, 0.717) is 12.8 Å². The van der Waals surface area contributed by atoms with Crippen molar-refractivity contribution < 1.29 is 37.5 Å². The van der Waals surface area contributed by atoms with Gasteiger partial charge in [-0.1, -0.05) is 52.8 Å². The van der Waals surface area contributed by atoms with E-state index in [-0.39, 0.29) is 47.1 Å². The molecule has 0 spiro atoms. The third kappa shape index (κ3) is 8.23. The molecule has 2 heterocycles. The summed E-state index contributed by atoms with van der Waals surface area (Å²) in [6.45, 7) is 22.8. The second-order valence-electron chi connectivity index (χ2n) is 13.8. The van der Waals surface area contributed by atoms with Crippen LogP contribution in [0.3, 0.4) is 0 Å². The summed E-state index contributed by atoms with van der Waals surface area (Å²) in [4.78, 5) is 46.8. The molecular formula is C29H54O8Si3. The molecule has 3 atom stereocenters. The van der Waals surface area contributed by atoms with Crippen LogP contribution in [0.2, 0.25) is 51.4 Å². The number of hydrogen-bond donors (Lipinski definition) is 0. The predicted octanol–water partition coefficient (Wildman–Crippen LogP) is 6.68. The molecule has 2 rings (SSSR count). The van der Waals surface area contributed by atoms with Crippen molar-refractivity contribution in [3.8, 4) is 0 Å². The van der Waals surface area contributed by atoms with E-state index in [1.807, 2.05) is 0 Å². The molecule has 0 aromatic carbocycles. The number of cyclic esters (lactones) is 4. The molecule has 0 aliphatic carbocycles. The average Bonchev–Trinajstić information content (AvgIpc) is 3.34. The number of carbonyl (C=O) groups is 4. The van der Waals surface area contributed by atoms with Gasteiger partial charge < -0.3 is 18.3 Å². The molecule has 40 heavy (non-hydrogen) atoms. The highest BCUT2D eigenvalue weighted by Crippen LogP contribution is 2.43. The van der Waals surface area contributed by atoms with Gasteiger partial charge in [0, 0.05) is 5.22 Å². The molecule has 2 saturated heterocycles.